The zero-order valence-electron chi connectivity index (χ0n) is 12.7. The van der Waals surface area contributed by atoms with Crippen LogP contribution in [0, 0.1) is 5.92 Å². The molecule has 0 bridgehead atoms. The highest BCUT2D eigenvalue weighted by Gasteiger charge is 2.29. The normalized spacial score (nSPS) is 15.1. The van der Waals surface area contributed by atoms with E-state index in [-0.39, 0.29) is 11.9 Å². The van der Waals surface area contributed by atoms with E-state index in [1.165, 1.54) is 12.8 Å². The topological polar surface area (TPSA) is 51.2 Å². The lowest BCUT2D eigenvalue weighted by atomic mass is 10.2. The van der Waals surface area contributed by atoms with Crippen molar-refractivity contribution in [3.8, 4) is 5.88 Å². The summed E-state index contributed by atoms with van der Waals surface area (Å²) < 4.78 is 5.61. The van der Waals surface area contributed by atoms with Gasteiger partial charge in [-0.3, -0.25) is 4.79 Å². The van der Waals surface area contributed by atoms with Crippen molar-refractivity contribution >= 4 is 5.91 Å². The molecule has 1 fully saturated rings. The Balaban J connectivity index is 1.54. The number of benzene rings is 1. The highest BCUT2D eigenvalue weighted by molar-refractivity contribution is 5.94. The number of carbonyl (C=O) groups excluding carboxylic acids is 1. The summed E-state index contributed by atoms with van der Waals surface area (Å²) in [7, 11) is 0. The molecule has 1 amide bonds. The minimum Gasteiger partial charge on any atom is -0.473 e. The van der Waals surface area contributed by atoms with Gasteiger partial charge >= 0.3 is 0 Å². The molecule has 1 aliphatic rings. The lowest BCUT2D eigenvalue weighted by Gasteiger charge is -2.12. The smallest absolute Gasteiger partial charge is 0.253 e. The van der Waals surface area contributed by atoms with Crippen LogP contribution in [-0.2, 0) is 6.61 Å². The minimum absolute atomic E-state index is 0.0680. The van der Waals surface area contributed by atoms with Crippen LogP contribution in [-0.4, -0.2) is 16.9 Å². The second-order valence-corrected chi connectivity index (χ2v) is 5.76. The van der Waals surface area contributed by atoms with Crippen LogP contribution in [0.2, 0.25) is 0 Å². The number of hydrogen-bond donors (Lipinski definition) is 1. The molecule has 4 nitrogen and oxygen atoms in total. The summed E-state index contributed by atoms with van der Waals surface area (Å²) >= 11 is 0. The van der Waals surface area contributed by atoms with E-state index >= 15 is 0 Å². The molecule has 2 aromatic rings. The Labute approximate surface area is 130 Å². The molecular weight excluding hydrogens is 276 g/mol. The van der Waals surface area contributed by atoms with Crippen LogP contribution in [0.3, 0.4) is 0 Å². The maximum atomic E-state index is 12.1. The molecule has 0 spiro atoms. The van der Waals surface area contributed by atoms with Gasteiger partial charge in [-0.25, -0.2) is 4.98 Å². The van der Waals surface area contributed by atoms with Gasteiger partial charge in [-0.1, -0.05) is 30.3 Å². The first-order valence-electron chi connectivity index (χ1n) is 7.66. The summed E-state index contributed by atoms with van der Waals surface area (Å²) in [6, 6.07) is 13.6. The third kappa shape index (κ3) is 3.85. The van der Waals surface area contributed by atoms with Gasteiger partial charge in [0.2, 0.25) is 5.88 Å². The van der Waals surface area contributed by atoms with Gasteiger partial charge in [0.05, 0.1) is 5.56 Å². The van der Waals surface area contributed by atoms with Crippen molar-refractivity contribution in [2.45, 2.75) is 32.4 Å². The van der Waals surface area contributed by atoms with Crippen molar-refractivity contribution < 1.29 is 9.53 Å². The van der Waals surface area contributed by atoms with E-state index in [0.29, 0.717) is 24.0 Å². The molecule has 0 radical (unpaired) electrons. The van der Waals surface area contributed by atoms with Crippen LogP contribution in [0.15, 0.2) is 48.7 Å². The van der Waals surface area contributed by atoms with Gasteiger partial charge in [-0.05, 0) is 37.3 Å². The molecule has 1 heterocycles. The number of hydrogen-bond acceptors (Lipinski definition) is 3. The summed E-state index contributed by atoms with van der Waals surface area (Å²) in [6.07, 6.45) is 3.99. The van der Waals surface area contributed by atoms with E-state index in [0.717, 1.165) is 5.56 Å². The summed E-state index contributed by atoms with van der Waals surface area (Å²) in [5, 5.41) is 3.02. The summed E-state index contributed by atoms with van der Waals surface area (Å²) in [6.45, 7) is 2.53. The van der Waals surface area contributed by atoms with Crippen molar-refractivity contribution in [1.82, 2.24) is 10.3 Å². The van der Waals surface area contributed by atoms with Gasteiger partial charge in [-0.2, -0.15) is 0 Å². The molecule has 1 aromatic heterocycles. The van der Waals surface area contributed by atoms with Crippen molar-refractivity contribution in [3.05, 3.63) is 59.8 Å². The van der Waals surface area contributed by atoms with Crippen LogP contribution >= 0.6 is 0 Å². The first-order valence-corrected chi connectivity index (χ1v) is 7.66. The second-order valence-electron chi connectivity index (χ2n) is 5.76. The monoisotopic (exact) mass is 296 g/mol. The molecule has 4 heteroatoms. The predicted octanol–water partition coefficient (Wildman–Crippen LogP) is 3.19. The summed E-state index contributed by atoms with van der Waals surface area (Å²) in [4.78, 5) is 16.3. The molecule has 1 N–H and O–H groups in total. The fourth-order valence-electron chi connectivity index (χ4n) is 2.34. The van der Waals surface area contributed by atoms with E-state index in [1.54, 1.807) is 18.3 Å². The SMILES string of the molecule is C[C@@H](NC(=O)c1ccc(OCc2ccccc2)nc1)C1CC1. The first-order chi connectivity index (χ1) is 10.7. The molecule has 1 aromatic carbocycles. The van der Waals surface area contributed by atoms with Crippen LogP contribution < -0.4 is 10.1 Å². The fraction of sp³-hybridized carbons (Fsp3) is 0.333. The van der Waals surface area contributed by atoms with Crippen molar-refractivity contribution in [3.63, 3.8) is 0 Å². The second kappa shape index (κ2) is 6.60. The lowest BCUT2D eigenvalue weighted by Crippen LogP contribution is -2.34. The Hall–Kier alpha value is -2.36. The fourth-order valence-corrected chi connectivity index (χ4v) is 2.34. The Bertz CT molecular complexity index is 621. The summed E-state index contributed by atoms with van der Waals surface area (Å²) in [5.74, 6) is 1.10. The number of nitrogens with zero attached hydrogens (tertiary/aromatic N) is 1. The third-order valence-electron chi connectivity index (χ3n) is 3.92. The Morgan fingerprint density at radius 2 is 2.05 bits per heavy atom. The molecule has 1 aliphatic carbocycles. The van der Waals surface area contributed by atoms with Crippen LogP contribution in [0.1, 0.15) is 35.7 Å². The molecule has 0 unspecified atom stereocenters. The van der Waals surface area contributed by atoms with Gasteiger partial charge in [0.15, 0.2) is 0 Å². The van der Waals surface area contributed by atoms with Gasteiger partial charge in [0.25, 0.3) is 5.91 Å². The highest BCUT2D eigenvalue weighted by atomic mass is 16.5. The largest absolute Gasteiger partial charge is 0.473 e. The molecule has 1 saturated carbocycles. The zero-order chi connectivity index (χ0) is 15.4. The number of pyridine rings is 1. The van der Waals surface area contributed by atoms with Gasteiger partial charge in [0, 0.05) is 18.3 Å². The van der Waals surface area contributed by atoms with Gasteiger partial charge in [0.1, 0.15) is 6.61 Å². The van der Waals surface area contributed by atoms with Crippen molar-refractivity contribution in [2.24, 2.45) is 5.92 Å². The molecule has 3 rings (SSSR count). The number of aromatic nitrogens is 1. The first kappa shape index (κ1) is 14.6. The number of amides is 1. The quantitative estimate of drug-likeness (QED) is 0.890. The van der Waals surface area contributed by atoms with Crippen LogP contribution in [0.4, 0.5) is 0 Å². The predicted molar refractivity (Wildman–Crippen MR) is 84.7 cm³/mol. The van der Waals surface area contributed by atoms with Gasteiger partial charge < -0.3 is 10.1 Å². The Morgan fingerprint density at radius 1 is 1.27 bits per heavy atom. The average Bonchev–Trinajstić information content (AvgIpc) is 3.39. The standard InChI is InChI=1S/C18H20N2O2/c1-13(15-7-8-15)20-18(21)16-9-10-17(19-11-16)22-12-14-5-3-2-4-6-14/h2-6,9-11,13,15H,7-8,12H2,1H3,(H,20,21)/t13-/m1/s1. The minimum atomic E-state index is -0.0680. The Kier molecular flexibility index (Phi) is 4.37. The van der Waals surface area contributed by atoms with Crippen LogP contribution in [0.5, 0.6) is 5.88 Å². The number of ether oxygens (including phenoxy) is 1. The van der Waals surface area contributed by atoms with Crippen LogP contribution in [0.25, 0.3) is 0 Å². The molecule has 114 valence electrons. The maximum absolute atomic E-state index is 12.1. The van der Waals surface area contributed by atoms with E-state index in [1.807, 2.05) is 30.3 Å². The maximum Gasteiger partial charge on any atom is 0.253 e. The molecule has 22 heavy (non-hydrogen) atoms. The highest BCUT2D eigenvalue weighted by Crippen LogP contribution is 2.32. The van der Waals surface area contributed by atoms with Gasteiger partial charge in [-0.15, -0.1) is 0 Å². The zero-order valence-corrected chi connectivity index (χ0v) is 12.7. The van der Waals surface area contributed by atoms with E-state index in [2.05, 4.69) is 17.2 Å². The Morgan fingerprint density at radius 3 is 2.68 bits per heavy atom. The number of carbonyl (C=O) groups is 1. The molecule has 1 atom stereocenters. The molecule has 0 saturated heterocycles. The molecular formula is C18H20N2O2. The van der Waals surface area contributed by atoms with E-state index in [9.17, 15) is 4.79 Å². The number of rotatable bonds is 6. The van der Waals surface area contributed by atoms with Crippen molar-refractivity contribution in [2.75, 3.05) is 0 Å². The van der Waals surface area contributed by atoms with E-state index in [4.69, 9.17) is 4.74 Å². The summed E-state index contributed by atoms with van der Waals surface area (Å²) in [5.41, 5.74) is 1.66. The van der Waals surface area contributed by atoms with Crippen molar-refractivity contribution in [1.29, 1.82) is 0 Å². The lowest BCUT2D eigenvalue weighted by molar-refractivity contribution is 0.0935. The van der Waals surface area contributed by atoms with E-state index < -0.39 is 0 Å². The average molecular weight is 296 g/mol. The third-order valence-corrected chi connectivity index (χ3v) is 3.92. The number of nitrogens with one attached hydrogen (secondary N) is 1. The molecule has 0 aliphatic heterocycles.